The fourth-order valence-corrected chi connectivity index (χ4v) is 1.88. The van der Waals surface area contributed by atoms with Gasteiger partial charge in [0.2, 0.25) is 0 Å². The van der Waals surface area contributed by atoms with Gasteiger partial charge in [-0.3, -0.25) is 0 Å². The van der Waals surface area contributed by atoms with Crippen LogP contribution in [0.15, 0.2) is 54.6 Å². The lowest BCUT2D eigenvalue weighted by Crippen LogP contribution is -2.28. The topological polar surface area (TPSA) is 35.2 Å². The van der Waals surface area contributed by atoms with Gasteiger partial charge in [0.25, 0.3) is 0 Å². The van der Waals surface area contributed by atoms with E-state index in [-0.39, 0.29) is 24.3 Å². The number of halogens is 2. The molecule has 0 aliphatic carbocycles. The molecule has 0 aliphatic rings. The Morgan fingerprint density at radius 1 is 0.950 bits per heavy atom. The van der Waals surface area contributed by atoms with Crippen molar-refractivity contribution in [2.24, 2.45) is 5.73 Å². The first-order chi connectivity index (χ1) is 9.24. The summed E-state index contributed by atoms with van der Waals surface area (Å²) in [6.07, 6.45) is 0.690. The molecule has 108 valence electrons. The fourth-order valence-electron chi connectivity index (χ4n) is 1.88. The molecule has 0 amide bonds. The van der Waals surface area contributed by atoms with E-state index in [1.165, 1.54) is 12.1 Å². The second kappa shape index (κ2) is 8.69. The standard InChI is InChI=1S/C16H18FNO.ClH/c17-15-8-6-13(7-9-15)10-16(18)12-19-11-14-4-2-1-3-5-14;/h1-9,16H,10-12,18H2;1H/t16-;/m1./s1. The van der Waals surface area contributed by atoms with Crippen molar-refractivity contribution < 1.29 is 9.13 Å². The zero-order valence-corrected chi connectivity index (χ0v) is 12.0. The molecule has 20 heavy (non-hydrogen) atoms. The van der Waals surface area contributed by atoms with E-state index in [0.29, 0.717) is 19.6 Å². The summed E-state index contributed by atoms with van der Waals surface area (Å²) in [6, 6.07) is 16.3. The van der Waals surface area contributed by atoms with Gasteiger partial charge in [0.05, 0.1) is 13.2 Å². The van der Waals surface area contributed by atoms with Crippen molar-refractivity contribution in [2.45, 2.75) is 19.1 Å². The quantitative estimate of drug-likeness (QED) is 0.887. The molecule has 2 rings (SSSR count). The first kappa shape index (κ1) is 16.6. The summed E-state index contributed by atoms with van der Waals surface area (Å²) in [6.45, 7) is 1.06. The van der Waals surface area contributed by atoms with Crippen LogP contribution in [-0.4, -0.2) is 12.6 Å². The molecule has 0 saturated carbocycles. The number of ether oxygens (including phenoxy) is 1. The monoisotopic (exact) mass is 295 g/mol. The molecule has 1 atom stereocenters. The Bertz CT molecular complexity index is 490. The molecule has 0 spiro atoms. The Kier molecular flexibility index (Phi) is 7.23. The lowest BCUT2D eigenvalue weighted by Gasteiger charge is -2.12. The first-order valence-corrected chi connectivity index (χ1v) is 6.36. The van der Waals surface area contributed by atoms with Crippen LogP contribution in [0, 0.1) is 5.82 Å². The summed E-state index contributed by atoms with van der Waals surface area (Å²) in [5.41, 5.74) is 8.15. The third-order valence-electron chi connectivity index (χ3n) is 2.85. The van der Waals surface area contributed by atoms with Crippen LogP contribution < -0.4 is 5.73 Å². The van der Waals surface area contributed by atoms with E-state index in [4.69, 9.17) is 10.5 Å². The number of rotatable bonds is 6. The largest absolute Gasteiger partial charge is 0.375 e. The van der Waals surface area contributed by atoms with Crippen molar-refractivity contribution >= 4 is 12.4 Å². The maximum absolute atomic E-state index is 12.8. The van der Waals surface area contributed by atoms with Crippen LogP contribution in [0.25, 0.3) is 0 Å². The van der Waals surface area contributed by atoms with Crippen molar-refractivity contribution in [3.05, 3.63) is 71.5 Å². The summed E-state index contributed by atoms with van der Waals surface area (Å²) in [7, 11) is 0. The summed E-state index contributed by atoms with van der Waals surface area (Å²) in [5.74, 6) is -0.224. The van der Waals surface area contributed by atoms with E-state index in [1.54, 1.807) is 12.1 Å². The normalized spacial score (nSPS) is 11.7. The molecule has 2 aromatic rings. The Hall–Kier alpha value is -1.42. The van der Waals surface area contributed by atoms with Gasteiger partial charge in [-0.15, -0.1) is 12.4 Å². The molecule has 0 saturated heterocycles. The molecule has 0 heterocycles. The van der Waals surface area contributed by atoms with Crippen LogP contribution in [0.4, 0.5) is 4.39 Å². The lowest BCUT2D eigenvalue weighted by molar-refractivity contribution is 0.108. The fraction of sp³-hybridized carbons (Fsp3) is 0.250. The molecule has 2 nitrogen and oxygen atoms in total. The average Bonchev–Trinajstić information content (AvgIpc) is 2.43. The number of hydrogen-bond acceptors (Lipinski definition) is 2. The molecule has 0 fully saturated rings. The van der Waals surface area contributed by atoms with Crippen LogP contribution in [0.3, 0.4) is 0 Å². The Morgan fingerprint density at radius 2 is 1.60 bits per heavy atom. The minimum atomic E-state index is -0.224. The van der Waals surface area contributed by atoms with Crippen molar-refractivity contribution in [1.29, 1.82) is 0 Å². The van der Waals surface area contributed by atoms with E-state index in [2.05, 4.69) is 0 Å². The van der Waals surface area contributed by atoms with Crippen molar-refractivity contribution in [3.8, 4) is 0 Å². The van der Waals surface area contributed by atoms with Gasteiger partial charge in [-0.2, -0.15) is 0 Å². The third kappa shape index (κ3) is 5.70. The van der Waals surface area contributed by atoms with Crippen molar-refractivity contribution in [3.63, 3.8) is 0 Å². The highest BCUT2D eigenvalue weighted by atomic mass is 35.5. The summed E-state index contributed by atoms with van der Waals surface area (Å²) in [5, 5.41) is 0. The van der Waals surface area contributed by atoms with E-state index in [0.717, 1.165) is 11.1 Å². The van der Waals surface area contributed by atoms with E-state index < -0.39 is 0 Å². The Morgan fingerprint density at radius 3 is 2.25 bits per heavy atom. The minimum absolute atomic E-state index is 0. The zero-order valence-electron chi connectivity index (χ0n) is 11.2. The maximum atomic E-state index is 12.8. The molecular weight excluding hydrogens is 277 g/mol. The molecule has 2 N–H and O–H groups in total. The predicted octanol–water partition coefficient (Wildman–Crippen LogP) is 3.33. The number of nitrogens with two attached hydrogens (primary N) is 1. The highest BCUT2D eigenvalue weighted by Crippen LogP contribution is 2.06. The van der Waals surface area contributed by atoms with Crippen LogP contribution in [-0.2, 0) is 17.8 Å². The van der Waals surface area contributed by atoms with Crippen LogP contribution in [0.1, 0.15) is 11.1 Å². The van der Waals surface area contributed by atoms with Gasteiger partial charge in [-0.25, -0.2) is 4.39 Å². The Balaban J connectivity index is 0.00000200. The minimum Gasteiger partial charge on any atom is -0.375 e. The van der Waals surface area contributed by atoms with E-state index in [1.807, 2.05) is 30.3 Å². The second-order valence-electron chi connectivity index (χ2n) is 4.59. The van der Waals surface area contributed by atoms with Gasteiger partial charge in [0, 0.05) is 6.04 Å². The second-order valence-corrected chi connectivity index (χ2v) is 4.59. The van der Waals surface area contributed by atoms with Crippen LogP contribution in [0.5, 0.6) is 0 Å². The highest BCUT2D eigenvalue weighted by molar-refractivity contribution is 5.85. The zero-order chi connectivity index (χ0) is 13.5. The summed E-state index contributed by atoms with van der Waals surface area (Å²) >= 11 is 0. The van der Waals surface area contributed by atoms with Crippen molar-refractivity contribution in [1.82, 2.24) is 0 Å². The lowest BCUT2D eigenvalue weighted by atomic mass is 10.1. The molecule has 0 aromatic heterocycles. The highest BCUT2D eigenvalue weighted by Gasteiger charge is 2.04. The number of benzene rings is 2. The van der Waals surface area contributed by atoms with Gasteiger partial charge in [0.1, 0.15) is 5.82 Å². The van der Waals surface area contributed by atoms with Gasteiger partial charge in [-0.1, -0.05) is 42.5 Å². The summed E-state index contributed by atoms with van der Waals surface area (Å²) < 4.78 is 18.3. The smallest absolute Gasteiger partial charge is 0.123 e. The van der Waals surface area contributed by atoms with E-state index in [9.17, 15) is 4.39 Å². The molecule has 0 unspecified atom stereocenters. The predicted molar refractivity (Wildman–Crippen MR) is 81.4 cm³/mol. The number of hydrogen-bond donors (Lipinski definition) is 1. The molecule has 0 aliphatic heterocycles. The third-order valence-corrected chi connectivity index (χ3v) is 2.85. The first-order valence-electron chi connectivity index (χ1n) is 6.36. The van der Waals surface area contributed by atoms with Gasteiger partial charge in [-0.05, 0) is 29.7 Å². The SMILES string of the molecule is Cl.N[C@@H](COCc1ccccc1)Cc1ccc(F)cc1. The maximum Gasteiger partial charge on any atom is 0.123 e. The van der Waals surface area contributed by atoms with E-state index >= 15 is 0 Å². The Labute approximate surface area is 125 Å². The van der Waals surface area contributed by atoms with Gasteiger partial charge in [0.15, 0.2) is 0 Å². The molecule has 2 aromatic carbocycles. The van der Waals surface area contributed by atoms with Gasteiger partial charge < -0.3 is 10.5 Å². The molecular formula is C16H19ClFNO. The molecule has 0 bridgehead atoms. The van der Waals surface area contributed by atoms with Gasteiger partial charge >= 0.3 is 0 Å². The summed E-state index contributed by atoms with van der Waals surface area (Å²) in [4.78, 5) is 0. The van der Waals surface area contributed by atoms with Crippen LogP contribution >= 0.6 is 12.4 Å². The van der Waals surface area contributed by atoms with Crippen LogP contribution in [0.2, 0.25) is 0 Å². The molecule has 4 heteroatoms. The van der Waals surface area contributed by atoms with Crippen molar-refractivity contribution in [2.75, 3.05) is 6.61 Å². The average molecular weight is 296 g/mol. The molecule has 0 radical (unpaired) electrons.